The predicted molar refractivity (Wildman–Crippen MR) is 78.4 cm³/mol. The Morgan fingerprint density at radius 3 is 2.57 bits per heavy atom. The van der Waals surface area contributed by atoms with E-state index in [1.54, 1.807) is 0 Å². The van der Waals surface area contributed by atoms with Gasteiger partial charge in [0.1, 0.15) is 11.6 Å². The van der Waals surface area contributed by atoms with E-state index in [0.29, 0.717) is 12.1 Å². The molecule has 0 aromatic heterocycles. The summed E-state index contributed by atoms with van der Waals surface area (Å²) >= 11 is 0. The molecule has 1 aromatic rings. The zero-order chi connectivity index (χ0) is 14.1. The Morgan fingerprint density at radius 1 is 1.24 bits per heavy atom. The number of carbonyl (C=O) groups is 1. The first kappa shape index (κ1) is 16.2. The third-order valence-electron chi connectivity index (χ3n) is 4.20. The SMILES string of the molecule is Cl.O=C(Cc1cc(F)ccc1F)NC1CC2CCC(C1)N2. The first-order valence-corrected chi connectivity index (χ1v) is 7.09. The number of carbonyl (C=O) groups excluding carboxylic acids is 1. The second-order valence-corrected chi connectivity index (χ2v) is 5.79. The van der Waals surface area contributed by atoms with Gasteiger partial charge in [-0.1, -0.05) is 0 Å². The minimum Gasteiger partial charge on any atom is -0.353 e. The molecular weight excluding hydrogens is 298 g/mol. The van der Waals surface area contributed by atoms with Crippen LogP contribution in [0.15, 0.2) is 18.2 Å². The molecule has 21 heavy (non-hydrogen) atoms. The number of rotatable bonds is 3. The van der Waals surface area contributed by atoms with Crippen LogP contribution in [0.1, 0.15) is 31.2 Å². The predicted octanol–water partition coefficient (Wildman–Crippen LogP) is 2.33. The number of fused-ring (bicyclic) bond motifs is 2. The molecule has 2 fully saturated rings. The molecule has 2 atom stereocenters. The largest absolute Gasteiger partial charge is 0.353 e. The molecule has 2 aliphatic heterocycles. The van der Waals surface area contributed by atoms with E-state index in [-0.39, 0.29) is 36.3 Å². The molecule has 0 spiro atoms. The zero-order valence-corrected chi connectivity index (χ0v) is 12.4. The van der Waals surface area contributed by atoms with E-state index in [2.05, 4.69) is 10.6 Å². The fraction of sp³-hybridized carbons (Fsp3) is 0.533. The van der Waals surface area contributed by atoms with E-state index in [1.165, 1.54) is 0 Å². The van der Waals surface area contributed by atoms with Crippen molar-refractivity contribution in [2.24, 2.45) is 0 Å². The average molecular weight is 317 g/mol. The summed E-state index contributed by atoms with van der Waals surface area (Å²) in [5, 5.41) is 6.45. The van der Waals surface area contributed by atoms with Gasteiger partial charge in [-0.05, 0) is 43.9 Å². The van der Waals surface area contributed by atoms with Crippen LogP contribution in [0.5, 0.6) is 0 Å². The molecule has 3 rings (SSSR count). The van der Waals surface area contributed by atoms with Crippen molar-refractivity contribution in [1.29, 1.82) is 0 Å². The van der Waals surface area contributed by atoms with E-state index in [9.17, 15) is 13.6 Å². The lowest BCUT2D eigenvalue weighted by atomic mass is 9.99. The van der Waals surface area contributed by atoms with Crippen LogP contribution in [0.2, 0.25) is 0 Å². The fourth-order valence-electron chi connectivity index (χ4n) is 3.31. The molecule has 2 heterocycles. The molecule has 2 aliphatic rings. The van der Waals surface area contributed by atoms with Crippen molar-refractivity contribution in [3.63, 3.8) is 0 Å². The molecule has 2 saturated heterocycles. The normalized spacial score (nSPS) is 27.0. The molecule has 0 saturated carbocycles. The maximum absolute atomic E-state index is 13.5. The summed E-state index contributed by atoms with van der Waals surface area (Å²) in [5.41, 5.74) is 0.111. The lowest BCUT2D eigenvalue weighted by Crippen LogP contribution is -2.48. The van der Waals surface area contributed by atoms with E-state index in [4.69, 9.17) is 0 Å². The highest BCUT2D eigenvalue weighted by molar-refractivity contribution is 5.85. The van der Waals surface area contributed by atoms with E-state index in [1.807, 2.05) is 0 Å². The Bertz CT molecular complexity index is 514. The van der Waals surface area contributed by atoms with Gasteiger partial charge in [-0.2, -0.15) is 0 Å². The van der Waals surface area contributed by atoms with Crippen molar-refractivity contribution in [1.82, 2.24) is 10.6 Å². The number of amides is 1. The number of halogens is 3. The molecule has 116 valence electrons. The Kier molecular flexibility index (Phi) is 5.17. The van der Waals surface area contributed by atoms with Gasteiger partial charge in [0, 0.05) is 23.7 Å². The summed E-state index contributed by atoms with van der Waals surface area (Å²) in [5.74, 6) is -1.29. The first-order chi connectivity index (χ1) is 9.60. The Balaban J connectivity index is 0.00000161. The Labute approximate surface area is 128 Å². The average Bonchev–Trinajstić information content (AvgIpc) is 2.73. The highest BCUT2D eigenvalue weighted by atomic mass is 35.5. The van der Waals surface area contributed by atoms with E-state index in [0.717, 1.165) is 43.9 Å². The molecule has 2 N–H and O–H groups in total. The highest BCUT2D eigenvalue weighted by Crippen LogP contribution is 2.26. The topological polar surface area (TPSA) is 41.1 Å². The summed E-state index contributed by atoms with van der Waals surface area (Å²) in [6, 6.07) is 4.33. The van der Waals surface area contributed by atoms with Gasteiger partial charge < -0.3 is 10.6 Å². The molecule has 2 bridgehead atoms. The second-order valence-electron chi connectivity index (χ2n) is 5.79. The number of hydrogen-bond donors (Lipinski definition) is 2. The molecule has 0 radical (unpaired) electrons. The van der Waals surface area contributed by atoms with Gasteiger partial charge in [-0.15, -0.1) is 12.4 Å². The molecule has 6 heteroatoms. The molecule has 1 amide bonds. The fourth-order valence-corrected chi connectivity index (χ4v) is 3.31. The second kappa shape index (κ2) is 6.71. The number of piperidine rings is 1. The lowest BCUT2D eigenvalue weighted by molar-refractivity contribution is -0.121. The van der Waals surface area contributed by atoms with Crippen molar-refractivity contribution < 1.29 is 13.6 Å². The van der Waals surface area contributed by atoms with Gasteiger partial charge >= 0.3 is 0 Å². The van der Waals surface area contributed by atoms with Gasteiger partial charge in [0.15, 0.2) is 0 Å². The summed E-state index contributed by atoms with van der Waals surface area (Å²) in [6.45, 7) is 0. The van der Waals surface area contributed by atoms with Crippen LogP contribution >= 0.6 is 12.4 Å². The van der Waals surface area contributed by atoms with Crippen molar-refractivity contribution in [3.05, 3.63) is 35.4 Å². The summed E-state index contributed by atoms with van der Waals surface area (Å²) in [6.07, 6.45) is 4.07. The van der Waals surface area contributed by atoms with Crippen molar-refractivity contribution >= 4 is 18.3 Å². The Morgan fingerprint density at radius 2 is 1.90 bits per heavy atom. The molecular formula is C15H19ClF2N2O. The van der Waals surface area contributed by atoms with Crippen molar-refractivity contribution in [2.75, 3.05) is 0 Å². The lowest BCUT2D eigenvalue weighted by Gasteiger charge is -2.29. The van der Waals surface area contributed by atoms with Gasteiger partial charge in [0.05, 0.1) is 6.42 Å². The van der Waals surface area contributed by atoms with Crippen LogP contribution in [-0.4, -0.2) is 24.0 Å². The number of nitrogens with one attached hydrogen (secondary N) is 2. The van der Waals surface area contributed by atoms with Crippen LogP contribution < -0.4 is 10.6 Å². The number of benzene rings is 1. The van der Waals surface area contributed by atoms with Crippen LogP contribution in [-0.2, 0) is 11.2 Å². The van der Waals surface area contributed by atoms with Crippen molar-refractivity contribution in [3.8, 4) is 0 Å². The van der Waals surface area contributed by atoms with Gasteiger partial charge in [0.2, 0.25) is 5.91 Å². The Hall–Kier alpha value is -1.20. The summed E-state index contributed by atoms with van der Waals surface area (Å²) in [7, 11) is 0. The minimum absolute atomic E-state index is 0. The smallest absolute Gasteiger partial charge is 0.224 e. The molecule has 0 aliphatic carbocycles. The number of hydrogen-bond acceptors (Lipinski definition) is 2. The minimum atomic E-state index is -0.535. The van der Waals surface area contributed by atoms with Crippen LogP contribution in [0.3, 0.4) is 0 Å². The molecule has 3 nitrogen and oxygen atoms in total. The standard InChI is InChI=1S/C15H18F2N2O.ClH/c16-10-1-4-14(17)9(5-10)6-15(20)19-13-7-11-2-3-12(8-13)18-11;/h1,4-5,11-13,18H,2-3,6-8H2,(H,19,20);1H. The molecule has 2 unspecified atom stereocenters. The van der Waals surface area contributed by atoms with Crippen LogP contribution in [0.4, 0.5) is 8.78 Å². The quantitative estimate of drug-likeness (QED) is 0.898. The third-order valence-corrected chi connectivity index (χ3v) is 4.20. The van der Waals surface area contributed by atoms with E-state index >= 15 is 0 Å². The van der Waals surface area contributed by atoms with Crippen LogP contribution in [0, 0.1) is 11.6 Å². The van der Waals surface area contributed by atoms with Gasteiger partial charge in [0.25, 0.3) is 0 Å². The highest BCUT2D eigenvalue weighted by Gasteiger charge is 2.33. The monoisotopic (exact) mass is 316 g/mol. The summed E-state index contributed by atoms with van der Waals surface area (Å²) < 4.78 is 26.5. The van der Waals surface area contributed by atoms with E-state index < -0.39 is 11.6 Å². The maximum Gasteiger partial charge on any atom is 0.224 e. The maximum atomic E-state index is 13.5. The zero-order valence-electron chi connectivity index (χ0n) is 11.6. The first-order valence-electron chi connectivity index (χ1n) is 7.09. The van der Waals surface area contributed by atoms with Gasteiger partial charge in [-0.25, -0.2) is 8.78 Å². The molecule has 1 aromatic carbocycles. The van der Waals surface area contributed by atoms with Gasteiger partial charge in [-0.3, -0.25) is 4.79 Å². The van der Waals surface area contributed by atoms with Crippen molar-refractivity contribution in [2.45, 2.75) is 50.2 Å². The summed E-state index contributed by atoms with van der Waals surface area (Å²) in [4.78, 5) is 12.0. The third kappa shape index (κ3) is 3.92. The van der Waals surface area contributed by atoms with Crippen LogP contribution in [0.25, 0.3) is 0 Å².